The van der Waals surface area contributed by atoms with Crippen molar-refractivity contribution in [2.45, 2.75) is 52.2 Å². The van der Waals surface area contributed by atoms with Crippen LogP contribution in [0.2, 0.25) is 0 Å². The number of carbonyl (C=O) groups is 1. The van der Waals surface area contributed by atoms with Crippen LogP contribution in [0.5, 0.6) is 0 Å². The van der Waals surface area contributed by atoms with Crippen LogP contribution in [0.3, 0.4) is 0 Å². The third kappa shape index (κ3) is 3.89. The summed E-state index contributed by atoms with van der Waals surface area (Å²) in [5, 5.41) is 2.12. The molecule has 0 aromatic carbocycles. The molecule has 8 heteroatoms. The number of rotatable bonds is 4. The van der Waals surface area contributed by atoms with Crippen molar-refractivity contribution in [3.8, 4) is 0 Å². The Morgan fingerprint density at radius 2 is 2.16 bits per heavy atom. The number of fused-ring (bicyclic) bond motifs is 1. The maximum absolute atomic E-state index is 13.2. The van der Waals surface area contributed by atoms with E-state index in [-0.39, 0.29) is 17.5 Å². The van der Waals surface area contributed by atoms with Gasteiger partial charge < -0.3 is 9.88 Å². The van der Waals surface area contributed by atoms with E-state index in [2.05, 4.69) is 33.2 Å². The van der Waals surface area contributed by atoms with E-state index in [1.807, 2.05) is 17.9 Å². The fourth-order valence-corrected chi connectivity index (χ4v) is 5.67. The van der Waals surface area contributed by atoms with Crippen LogP contribution in [0.25, 0.3) is 0 Å². The van der Waals surface area contributed by atoms with E-state index in [1.54, 1.807) is 23.6 Å². The Morgan fingerprint density at radius 3 is 2.94 bits per heavy atom. The lowest BCUT2D eigenvalue weighted by atomic mass is 10.1. The first-order chi connectivity index (χ1) is 15.5. The Hall–Kier alpha value is -2.84. The summed E-state index contributed by atoms with van der Waals surface area (Å²) in [5.41, 5.74) is 4.19. The molecule has 0 aliphatic carbocycles. The molecule has 3 aromatic heterocycles. The summed E-state index contributed by atoms with van der Waals surface area (Å²) in [6.45, 7) is 6.98. The lowest BCUT2D eigenvalue weighted by Crippen LogP contribution is -2.37. The van der Waals surface area contributed by atoms with Crippen molar-refractivity contribution in [3.05, 3.63) is 78.9 Å². The Labute approximate surface area is 191 Å². The first-order valence-electron chi connectivity index (χ1n) is 11.1. The molecule has 0 radical (unpaired) electrons. The molecule has 166 valence electrons. The number of amides is 1. The van der Waals surface area contributed by atoms with Crippen molar-refractivity contribution in [2.24, 2.45) is 0 Å². The molecule has 0 bridgehead atoms. The molecule has 1 amide bonds. The van der Waals surface area contributed by atoms with E-state index < -0.39 is 0 Å². The molecule has 1 atom stereocenters. The number of aromatic amines is 1. The van der Waals surface area contributed by atoms with E-state index in [4.69, 9.17) is 4.98 Å². The number of pyridine rings is 1. The maximum atomic E-state index is 13.2. The monoisotopic (exact) mass is 449 g/mol. The molecule has 1 N–H and O–H groups in total. The quantitative estimate of drug-likeness (QED) is 0.660. The number of aromatic nitrogens is 3. The van der Waals surface area contributed by atoms with Crippen LogP contribution in [-0.2, 0) is 19.5 Å². The summed E-state index contributed by atoms with van der Waals surface area (Å²) < 4.78 is 0. The number of H-pyrrole nitrogens is 1. The minimum absolute atomic E-state index is 0.0454. The SMILES string of the molecule is Cc1ccsc1CN1CCc2nc(C3CCCN3C(=O)c3cccnc3C)[nH]c(=O)c2C1. The number of thiophene rings is 1. The van der Waals surface area contributed by atoms with Crippen LogP contribution in [0.15, 0.2) is 34.6 Å². The number of carbonyl (C=O) groups excluding carboxylic acids is 1. The first-order valence-corrected chi connectivity index (χ1v) is 12.0. The number of hydrogen-bond donors (Lipinski definition) is 1. The average molecular weight is 450 g/mol. The molecule has 5 heterocycles. The molecule has 5 rings (SSSR count). The van der Waals surface area contributed by atoms with Gasteiger partial charge in [0, 0.05) is 49.4 Å². The van der Waals surface area contributed by atoms with Crippen LogP contribution in [0, 0.1) is 13.8 Å². The fraction of sp³-hybridized carbons (Fsp3) is 0.417. The Bertz CT molecular complexity index is 1220. The van der Waals surface area contributed by atoms with Gasteiger partial charge in [-0.1, -0.05) is 0 Å². The molecule has 0 saturated carbocycles. The van der Waals surface area contributed by atoms with Gasteiger partial charge in [-0.15, -0.1) is 11.3 Å². The lowest BCUT2D eigenvalue weighted by molar-refractivity contribution is 0.0728. The standard InChI is InChI=1S/C24H27N5O2S/c1-15-8-12-32-21(15)14-28-11-7-19-18(13-28)23(30)27-22(26-19)20-6-4-10-29(20)24(31)17-5-3-9-25-16(17)2/h3,5,8-9,12,20H,4,6-7,10-11,13-14H2,1-2H3,(H,26,27,30). The molecule has 2 aliphatic heterocycles. The normalized spacial score (nSPS) is 18.7. The van der Waals surface area contributed by atoms with Gasteiger partial charge in [0.05, 0.1) is 22.9 Å². The van der Waals surface area contributed by atoms with Gasteiger partial charge in [-0.05, 0) is 55.8 Å². The first kappa shape index (κ1) is 21.0. The molecular weight excluding hydrogens is 422 g/mol. The zero-order valence-corrected chi connectivity index (χ0v) is 19.2. The van der Waals surface area contributed by atoms with Crippen molar-refractivity contribution in [1.82, 2.24) is 24.8 Å². The third-order valence-electron chi connectivity index (χ3n) is 6.57. The summed E-state index contributed by atoms with van der Waals surface area (Å²) >= 11 is 1.76. The van der Waals surface area contributed by atoms with Gasteiger partial charge in [0.15, 0.2) is 0 Å². The molecule has 32 heavy (non-hydrogen) atoms. The van der Waals surface area contributed by atoms with Gasteiger partial charge in [-0.2, -0.15) is 0 Å². The van der Waals surface area contributed by atoms with E-state index in [0.717, 1.165) is 49.3 Å². The highest BCUT2D eigenvalue weighted by Gasteiger charge is 2.34. The second kappa shape index (κ2) is 8.60. The van der Waals surface area contributed by atoms with E-state index in [0.29, 0.717) is 24.5 Å². The van der Waals surface area contributed by atoms with Crippen molar-refractivity contribution in [3.63, 3.8) is 0 Å². The Balaban J connectivity index is 1.38. The average Bonchev–Trinajstić information content (AvgIpc) is 3.43. The Morgan fingerprint density at radius 1 is 1.28 bits per heavy atom. The summed E-state index contributed by atoms with van der Waals surface area (Å²) in [5.74, 6) is 0.569. The van der Waals surface area contributed by atoms with Gasteiger partial charge >= 0.3 is 0 Å². The van der Waals surface area contributed by atoms with Crippen LogP contribution in [-0.4, -0.2) is 43.7 Å². The van der Waals surface area contributed by atoms with E-state index in [9.17, 15) is 9.59 Å². The molecule has 0 spiro atoms. The molecular formula is C24H27N5O2S. The highest BCUT2D eigenvalue weighted by molar-refractivity contribution is 7.10. The highest BCUT2D eigenvalue weighted by Crippen LogP contribution is 2.32. The minimum Gasteiger partial charge on any atom is -0.328 e. The Kier molecular flexibility index (Phi) is 5.65. The minimum atomic E-state index is -0.202. The summed E-state index contributed by atoms with van der Waals surface area (Å²) in [7, 11) is 0. The van der Waals surface area contributed by atoms with Crippen molar-refractivity contribution in [1.29, 1.82) is 0 Å². The van der Waals surface area contributed by atoms with Gasteiger partial charge in [0.2, 0.25) is 0 Å². The third-order valence-corrected chi connectivity index (χ3v) is 7.58. The fourth-order valence-electron chi connectivity index (χ4n) is 4.72. The summed E-state index contributed by atoms with van der Waals surface area (Å²) in [6.07, 6.45) is 4.14. The van der Waals surface area contributed by atoms with Crippen LogP contribution >= 0.6 is 11.3 Å². The molecule has 1 unspecified atom stereocenters. The van der Waals surface area contributed by atoms with Crippen LogP contribution in [0.1, 0.15) is 62.5 Å². The molecule has 2 aliphatic rings. The molecule has 7 nitrogen and oxygen atoms in total. The number of nitrogens with zero attached hydrogens (tertiary/aromatic N) is 4. The molecule has 1 fully saturated rings. The van der Waals surface area contributed by atoms with Crippen molar-refractivity contribution < 1.29 is 4.79 Å². The van der Waals surface area contributed by atoms with Crippen molar-refractivity contribution >= 4 is 17.2 Å². The molecule has 1 saturated heterocycles. The zero-order chi connectivity index (χ0) is 22.2. The maximum Gasteiger partial charge on any atom is 0.256 e. The van der Waals surface area contributed by atoms with Gasteiger partial charge in [-0.3, -0.25) is 19.5 Å². The van der Waals surface area contributed by atoms with Crippen LogP contribution in [0.4, 0.5) is 0 Å². The predicted octanol–water partition coefficient (Wildman–Crippen LogP) is 3.38. The largest absolute Gasteiger partial charge is 0.328 e. The van der Waals surface area contributed by atoms with Gasteiger partial charge in [0.1, 0.15) is 5.82 Å². The highest BCUT2D eigenvalue weighted by atomic mass is 32.1. The van der Waals surface area contributed by atoms with Gasteiger partial charge in [0.25, 0.3) is 11.5 Å². The smallest absolute Gasteiger partial charge is 0.256 e. The number of hydrogen-bond acceptors (Lipinski definition) is 6. The zero-order valence-electron chi connectivity index (χ0n) is 18.4. The van der Waals surface area contributed by atoms with E-state index >= 15 is 0 Å². The van der Waals surface area contributed by atoms with Crippen LogP contribution < -0.4 is 5.56 Å². The van der Waals surface area contributed by atoms with E-state index in [1.165, 1.54) is 10.4 Å². The molecule has 3 aromatic rings. The second-order valence-corrected chi connectivity index (χ2v) is 9.66. The number of likely N-dealkylation sites (tertiary alicyclic amines) is 1. The summed E-state index contributed by atoms with van der Waals surface area (Å²) in [6, 6.07) is 5.54. The number of aryl methyl sites for hydroxylation is 2. The van der Waals surface area contributed by atoms with Gasteiger partial charge in [-0.25, -0.2) is 4.98 Å². The van der Waals surface area contributed by atoms with Crippen molar-refractivity contribution in [2.75, 3.05) is 13.1 Å². The number of nitrogens with one attached hydrogen (secondary N) is 1. The predicted molar refractivity (Wildman–Crippen MR) is 124 cm³/mol. The topological polar surface area (TPSA) is 82.2 Å². The summed E-state index contributed by atoms with van der Waals surface area (Å²) in [4.78, 5) is 43.9. The lowest BCUT2D eigenvalue weighted by Gasteiger charge is -2.29. The second-order valence-electron chi connectivity index (χ2n) is 8.66.